The van der Waals surface area contributed by atoms with Crippen LogP contribution in [0.2, 0.25) is 0 Å². The van der Waals surface area contributed by atoms with Gasteiger partial charge in [-0.25, -0.2) is 4.98 Å². The van der Waals surface area contributed by atoms with Crippen LogP contribution in [0, 0.1) is 0 Å². The van der Waals surface area contributed by atoms with Crippen LogP contribution in [0.15, 0.2) is 17.0 Å². The molecule has 2 aromatic heterocycles. The van der Waals surface area contributed by atoms with Crippen molar-refractivity contribution in [3.8, 4) is 0 Å². The second-order valence-corrected chi connectivity index (χ2v) is 3.22. The predicted molar refractivity (Wildman–Crippen MR) is 54.8 cm³/mol. The lowest BCUT2D eigenvalue weighted by Crippen LogP contribution is -2.13. The van der Waals surface area contributed by atoms with Crippen LogP contribution >= 0.6 is 0 Å². The Morgan fingerprint density at radius 1 is 1.62 bits per heavy atom. The topological polar surface area (TPSA) is 96.7 Å². The number of nitrogens with one attached hydrogen (secondary N) is 2. The van der Waals surface area contributed by atoms with Crippen molar-refractivity contribution in [1.29, 1.82) is 0 Å². The number of hydrogen-bond donors (Lipinski definition) is 2. The molecule has 2 aromatic rings. The van der Waals surface area contributed by atoms with Crippen LogP contribution in [0.5, 0.6) is 0 Å². The highest BCUT2D eigenvalue weighted by Crippen LogP contribution is 2.05. The minimum absolute atomic E-state index is 0.115. The summed E-state index contributed by atoms with van der Waals surface area (Å²) in [6.45, 7) is 2.03. The number of hydrogen-bond acceptors (Lipinski definition) is 5. The summed E-state index contributed by atoms with van der Waals surface area (Å²) < 4.78 is 4.58. The zero-order chi connectivity index (χ0) is 11.4. The monoisotopic (exact) mass is 221 g/mol. The van der Waals surface area contributed by atoms with E-state index in [0.717, 1.165) is 12.8 Å². The van der Waals surface area contributed by atoms with E-state index >= 15 is 0 Å². The van der Waals surface area contributed by atoms with E-state index in [1.165, 1.54) is 12.5 Å². The van der Waals surface area contributed by atoms with Crippen molar-refractivity contribution in [2.24, 2.45) is 0 Å². The van der Waals surface area contributed by atoms with E-state index in [1.54, 1.807) is 0 Å². The number of amides is 1. The molecule has 0 bridgehead atoms. The molecule has 7 heteroatoms. The van der Waals surface area contributed by atoms with Gasteiger partial charge in [0.25, 0.3) is 5.91 Å². The normalized spacial score (nSPS) is 10.3. The molecule has 0 unspecified atom stereocenters. The van der Waals surface area contributed by atoms with Crippen LogP contribution in [-0.4, -0.2) is 26.2 Å². The van der Waals surface area contributed by atoms with Crippen molar-refractivity contribution in [2.75, 3.05) is 5.32 Å². The number of nitrogens with zero attached hydrogens (tertiary/aromatic N) is 3. The summed E-state index contributed by atoms with van der Waals surface area (Å²) in [5.41, 5.74) is 0.479. The van der Waals surface area contributed by atoms with Gasteiger partial charge in [-0.15, -0.1) is 5.10 Å². The van der Waals surface area contributed by atoms with E-state index in [2.05, 4.69) is 30.2 Å². The maximum Gasteiger partial charge on any atom is 0.295 e. The molecule has 0 spiro atoms. The molecule has 2 rings (SSSR count). The van der Waals surface area contributed by atoms with Gasteiger partial charge in [-0.3, -0.25) is 9.89 Å². The largest absolute Gasteiger partial charge is 0.363 e. The first kappa shape index (κ1) is 10.3. The van der Waals surface area contributed by atoms with Crippen molar-refractivity contribution >= 4 is 11.6 Å². The molecule has 2 N–H and O–H groups in total. The van der Waals surface area contributed by atoms with Crippen molar-refractivity contribution in [3.63, 3.8) is 0 Å². The Labute approximate surface area is 91.2 Å². The number of H-pyrrole nitrogens is 1. The summed E-state index contributed by atoms with van der Waals surface area (Å²) in [5.74, 6) is 0.435. The lowest BCUT2D eigenvalue weighted by molar-refractivity contribution is 0.101. The van der Waals surface area contributed by atoms with E-state index in [9.17, 15) is 4.79 Å². The number of rotatable bonds is 4. The van der Waals surface area contributed by atoms with Crippen LogP contribution in [0.3, 0.4) is 0 Å². The Balaban J connectivity index is 2.03. The fraction of sp³-hybridized carbons (Fsp3) is 0.333. The molecule has 0 aromatic carbocycles. The summed E-state index contributed by atoms with van der Waals surface area (Å²) in [6.07, 6.45) is 4.45. The van der Waals surface area contributed by atoms with Gasteiger partial charge in [-0.2, -0.15) is 0 Å². The lowest BCUT2D eigenvalue weighted by Gasteiger charge is -1.95. The average Bonchev–Trinajstić information content (AvgIpc) is 2.89. The molecule has 1 amide bonds. The van der Waals surface area contributed by atoms with Crippen molar-refractivity contribution in [2.45, 2.75) is 19.8 Å². The van der Waals surface area contributed by atoms with Gasteiger partial charge >= 0.3 is 0 Å². The Morgan fingerprint density at radius 3 is 3.19 bits per heavy atom. The smallest absolute Gasteiger partial charge is 0.295 e. The SMILES string of the molecule is CCCc1nc(C(=O)Nc2cnoc2)n[nH]1. The molecule has 0 aliphatic rings. The quantitative estimate of drug-likeness (QED) is 0.802. The van der Waals surface area contributed by atoms with E-state index < -0.39 is 0 Å². The van der Waals surface area contributed by atoms with Gasteiger partial charge in [0.2, 0.25) is 5.82 Å². The van der Waals surface area contributed by atoms with Crippen LogP contribution in [0.4, 0.5) is 5.69 Å². The highest BCUT2D eigenvalue weighted by atomic mass is 16.5. The number of carbonyl (C=O) groups is 1. The molecule has 84 valence electrons. The summed E-state index contributed by atoms with van der Waals surface area (Å²) in [5, 5.41) is 12.5. The standard InChI is InChI=1S/C9H11N5O2/c1-2-3-7-12-8(14-13-7)9(15)11-6-4-10-16-5-6/h4-5H,2-3H2,1H3,(H,11,15)(H,12,13,14). The third kappa shape index (κ3) is 2.25. The first-order valence-electron chi connectivity index (χ1n) is 4.91. The van der Waals surface area contributed by atoms with Crippen molar-refractivity contribution < 1.29 is 9.32 Å². The van der Waals surface area contributed by atoms with Crippen molar-refractivity contribution in [1.82, 2.24) is 20.3 Å². The van der Waals surface area contributed by atoms with Crippen LogP contribution in [-0.2, 0) is 6.42 Å². The highest BCUT2D eigenvalue weighted by molar-refractivity contribution is 6.01. The van der Waals surface area contributed by atoms with E-state index in [1.807, 2.05) is 6.92 Å². The Kier molecular flexibility index (Phi) is 2.95. The van der Waals surface area contributed by atoms with Gasteiger partial charge < -0.3 is 9.84 Å². The Bertz CT molecular complexity index is 462. The van der Waals surface area contributed by atoms with E-state index in [-0.39, 0.29) is 11.7 Å². The first-order valence-corrected chi connectivity index (χ1v) is 4.91. The minimum atomic E-state index is -0.387. The molecule has 0 atom stereocenters. The average molecular weight is 221 g/mol. The Morgan fingerprint density at radius 2 is 2.50 bits per heavy atom. The number of aromatic amines is 1. The number of aryl methyl sites for hydroxylation is 1. The molecule has 0 aliphatic carbocycles. The summed E-state index contributed by atoms with van der Waals surface area (Å²) in [7, 11) is 0. The highest BCUT2D eigenvalue weighted by Gasteiger charge is 2.12. The maximum atomic E-state index is 11.6. The fourth-order valence-corrected chi connectivity index (χ4v) is 1.20. The zero-order valence-corrected chi connectivity index (χ0v) is 8.73. The summed E-state index contributed by atoms with van der Waals surface area (Å²) in [6, 6.07) is 0. The predicted octanol–water partition coefficient (Wildman–Crippen LogP) is 0.997. The minimum Gasteiger partial charge on any atom is -0.363 e. The molecule has 0 fully saturated rings. The molecule has 0 saturated carbocycles. The molecular weight excluding hydrogens is 210 g/mol. The summed E-state index contributed by atoms with van der Waals surface area (Å²) >= 11 is 0. The maximum absolute atomic E-state index is 11.6. The second kappa shape index (κ2) is 4.56. The summed E-state index contributed by atoms with van der Waals surface area (Å²) in [4.78, 5) is 15.7. The molecule has 0 radical (unpaired) electrons. The zero-order valence-electron chi connectivity index (χ0n) is 8.73. The molecule has 2 heterocycles. The lowest BCUT2D eigenvalue weighted by atomic mass is 10.3. The van der Waals surface area contributed by atoms with Crippen molar-refractivity contribution in [3.05, 3.63) is 24.1 Å². The van der Waals surface area contributed by atoms with Gasteiger partial charge in [-0.05, 0) is 6.42 Å². The Hall–Kier alpha value is -2.18. The fourth-order valence-electron chi connectivity index (χ4n) is 1.20. The van der Waals surface area contributed by atoms with Gasteiger partial charge in [0.15, 0.2) is 0 Å². The third-order valence-corrected chi connectivity index (χ3v) is 1.91. The van der Waals surface area contributed by atoms with Gasteiger partial charge in [0.1, 0.15) is 17.8 Å². The van der Waals surface area contributed by atoms with E-state index in [4.69, 9.17) is 0 Å². The van der Waals surface area contributed by atoms with Gasteiger partial charge in [-0.1, -0.05) is 12.1 Å². The molecular formula is C9H11N5O2. The molecule has 0 saturated heterocycles. The molecule has 7 nitrogen and oxygen atoms in total. The molecule has 0 aliphatic heterocycles. The van der Waals surface area contributed by atoms with Crippen LogP contribution in [0.25, 0.3) is 0 Å². The number of aromatic nitrogens is 4. The van der Waals surface area contributed by atoms with Gasteiger partial charge in [0, 0.05) is 6.42 Å². The third-order valence-electron chi connectivity index (χ3n) is 1.91. The first-order chi connectivity index (χ1) is 7.79. The second-order valence-electron chi connectivity index (χ2n) is 3.22. The van der Waals surface area contributed by atoms with Crippen LogP contribution in [0.1, 0.15) is 29.8 Å². The van der Waals surface area contributed by atoms with E-state index in [0.29, 0.717) is 11.5 Å². The molecule has 16 heavy (non-hydrogen) atoms. The van der Waals surface area contributed by atoms with Gasteiger partial charge in [0.05, 0.1) is 6.20 Å². The van der Waals surface area contributed by atoms with Crippen LogP contribution < -0.4 is 5.32 Å². The number of anilines is 1. The number of carbonyl (C=O) groups excluding carboxylic acids is 1.